The van der Waals surface area contributed by atoms with Crippen molar-refractivity contribution in [1.82, 2.24) is 20.2 Å². The fourth-order valence-corrected chi connectivity index (χ4v) is 3.64. The molecule has 0 saturated carbocycles. The van der Waals surface area contributed by atoms with Gasteiger partial charge in [-0.05, 0) is 19.4 Å². The van der Waals surface area contributed by atoms with E-state index in [-0.39, 0.29) is 11.9 Å². The van der Waals surface area contributed by atoms with Crippen LogP contribution in [0.2, 0.25) is 0 Å². The van der Waals surface area contributed by atoms with E-state index in [4.69, 9.17) is 14.7 Å². The third-order valence-corrected chi connectivity index (χ3v) is 5.43. The molecule has 3 rings (SSSR count). The minimum absolute atomic E-state index is 0.0433. The van der Waals surface area contributed by atoms with E-state index in [0.717, 1.165) is 54.5 Å². The molecule has 1 aromatic carbocycles. The predicted octanol–water partition coefficient (Wildman–Crippen LogP) is 2.47. The molecule has 1 aliphatic rings. The molecule has 26 heavy (non-hydrogen) atoms. The molecule has 0 radical (unpaired) electrons. The zero-order valence-electron chi connectivity index (χ0n) is 15.4. The van der Waals surface area contributed by atoms with Crippen LogP contribution in [-0.2, 0) is 16.1 Å². The summed E-state index contributed by atoms with van der Waals surface area (Å²) in [7, 11) is 0. The lowest BCUT2D eigenvalue weighted by atomic mass is 10.2. The van der Waals surface area contributed by atoms with Crippen molar-refractivity contribution in [2.24, 2.45) is 0 Å². The SMILES string of the molecule is CC[C@H](C)NC(=O)CSc1nc(CN2CCOCC2)nc2ccccc12. The molecular formula is C19H26N4O2S. The van der Waals surface area contributed by atoms with E-state index >= 15 is 0 Å². The third kappa shape index (κ3) is 5.16. The number of amides is 1. The molecule has 1 amide bonds. The lowest BCUT2D eigenvalue weighted by Crippen LogP contribution is -2.36. The Balaban J connectivity index is 1.75. The topological polar surface area (TPSA) is 67.4 Å². The first-order valence-corrected chi connectivity index (χ1v) is 10.1. The van der Waals surface area contributed by atoms with Gasteiger partial charge in [0.1, 0.15) is 10.9 Å². The molecular weight excluding hydrogens is 348 g/mol. The molecule has 0 aliphatic carbocycles. The number of nitrogens with zero attached hydrogens (tertiary/aromatic N) is 3. The smallest absolute Gasteiger partial charge is 0.230 e. The minimum Gasteiger partial charge on any atom is -0.379 e. The van der Waals surface area contributed by atoms with E-state index in [1.165, 1.54) is 11.8 Å². The largest absolute Gasteiger partial charge is 0.379 e. The Bertz CT molecular complexity index is 749. The second-order valence-electron chi connectivity index (χ2n) is 6.52. The Kier molecular flexibility index (Phi) is 6.82. The fraction of sp³-hybridized carbons (Fsp3) is 0.526. The summed E-state index contributed by atoms with van der Waals surface area (Å²) in [5.41, 5.74) is 0.926. The standard InChI is InChI=1S/C19H26N4O2S/c1-3-14(2)20-18(24)13-26-19-15-6-4-5-7-16(15)21-17(22-19)12-23-8-10-25-11-9-23/h4-7,14H,3,8-13H2,1-2H3,(H,20,24)/t14-/m0/s1. The first kappa shape index (κ1) is 19.1. The summed E-state index contributed by atoms with van der Waals surface area (Å²) >= 11 is 1.48. The van der Waals surface area contributed by atoms with Gasteiger partial charge in [0.25, 0.3) is 0 Å². The summed E-state index contributed by atoms with van der Waals surface area (Å²) in [5, 5.41) is 4.88. The normalized spacial score (nSPS) is 16.5. The van der Waals surface area contributed by atoms with Crippen molar-refractivity contribution in [2.75, 3.05) is 32.1 Å². The number of nitrogens with one attached hydrogen (secondary N) is 1. The average Bonchev–Trinajstić information content (AvgIpc) is 2.66. The van der Waals surface area contributed by atoms with Gasteiger partial charge in [-0.1, -0.05) is 36.9 Å². The molecule has 6 nitrogen and oxygen atoms in total. The number of fused-ring (bicyclic) bond motifs is 1. The quantitative estimate of drug-likeness (QED) is 0.593. The maximum atomic E-state index is 12.1. The van der Waals surface area contributed by atoms with Crippen molar-refractivity contribution < 1.29 is 9.53 Å². The van der Waals surface area contributed by atoms with E-state index < -0.39 is 0 Å². The van der Waals surface area contributed by atoms with Crippen LogP contribution in [0.15, 0.2) is 29.3 Å². The highest BCUT2D eigenvalue weighted by Crippen LogP contribution is 2.25. The number of morpholine rings is 1. The zero-order chi connectivity index (χ0) is 18.4. The molecule has 140 valence electrons. The van der Waals surface area contributed by atoms with Gasteiger partial charge in [0, 0.05) is 24.5 Å². The van der Waals surface area contributed by atoms with E-state index in [1.54, 1.807) is 0 Å². The molecule has 1 saturated heterocycles. The molecule has 0 bridgehead atoms. The van der Waals surface area contributed by atoms with Crippen molar-refractivity contribution in [2.45, 2.75) is 37.9 Å². The predicted molar refractivity (Wildman–Crippen MR) is 104 cm³/mol. The fourth-order valence-electron chi connectivity index (χ4n) is 2.79. The van der Waals surface area contributed by atoms with Crippen LogP contribution >= 0.6 is 11.8 Å². The molecule has 1 fully saturated rings. The van der Waals surface area contributed by atoms with Gasteiger partial charge in [-0.2, -0.15) is 0 Å². The van der Waals surface area contributed by atoms with Crippen molar-refractivity contribution in [1.29, 1.82) is 0 Å². The Labute approximate surface area is 158 Å². The van der Waals surface area contributed by atoms with Gasteiger partial charge in [-0.15, -0.1) is 0 Å². The van der Waals surface area contributed by atoms with Crippen LogP contribution in [-0.4, -0.2) is 58.9 Å². The van der Waals surface area contributed by atoms with Crippen molar-refractivity contribution in [3.05, 3.63) is 30.1 Å². The van der Waals surface area contributed by atoms with Gasteiger partial charge in [-0.25, -0.2) is 9.97 Å². The summed E-state index contributed by atoms with van der Waals surface area (Å²) in [4.78, 5) is 23.9. The molecule has 2 aromatic rings. The molecule has 1 atom stereocenters. The summed E-state index contributed by atoms with van der Waals surface area (Å²) in [5.74, 6) is 1.21. The molecule has 0 spiro atoms. The molecule has 0 unspecified atom stereocenters. The van der Waals surface area contributed by atoms with Crippen LogP contribution in [0.4, 0.5) is 0 Å². The van der Waals surface area contributed by atoms with Gasteiger partial charge in [0.2, 0.25) is 5.91 Å². The highest BCUT2D eigenvalue weighted by molar-refractivity contribution is 8.00. The van der Waals surface area contributed by atoms with Crippen LogP contribution in [0.5, 0.6) is 0 Å². The molecule has 1 aliphatic heterocycles. The number of ether oxygens (including phenoxy) is 1. The lowest BCUT2D eigenvalue weighted by Gasteiger charge is -2.25. The minimum atomic E-state index is 0.0433. The van der Waals surface area contributed by atoms with Crippen molar-refractivity contribution in [3.63, 3.8) is 0 Å². The average molecular weight is 375 g/mol. The number of benzene rings is 1. The third-order valence-electron chi connectivity index (χ3n) is 4.44. The van der Waals surface area contributed by atoms with Crippen LogP contribution < -0.4 is 5.32 Å². The number of hydrogen-bond donors (Lipinski definition) is 1. The van der Waals surface area contributed by atoms with E-state index in [9.17, 15) is 4.79 Å². The Hall–Kier alpha value is -1.70. The van der Waals surface area contributed by atoms with E-state index in [0.29, 0.717) is 12.3 Å². The summed E-state index contributed by atoms with van der Waals surface area (Å²) in [6.07, 6.45) is 0.927. The first-order valence-electron chi connectivity index (χ1n) is 9.13. The van der Waals surface area contributed by atoms with Crippen LogP contribution in [0.25, 0.3) is 10.9 Å². The summed E-state index contributed by atoms with van der Waals surface area (Å²) in [6.45, 7) is 8.10. The highest BCUT2D eigenvalue weighted by Gasteiger charge is 2.15. The molecule has 2 heterocycles. The Morgan fingerprint density at radius 1 is 1.31 bits per heavy atom. The summed E-state index contributed by atoms with van der Waals surface area (Å²) in [6, 6.07) is 8.18. The number of para-hydroxylation sites is 1. The maximum absolute atomic E-state index is 12.1. The van der Waals surface area contributed by atoms with Crippen molar-refractivity contribution >= 4 is 28.6 Å². The van der Waals surface area contributed by atoms with E-state index in [1.807, 2.05) is 31.2 Å². The number of carbonyl (C=O) groups excluding carboxylic acids is 1. The lowest BCUT2D eigenvalue weighted by molar-refractivity contribution is -0.119. The van der Waals surface area contributed by atoms with Gasteiger partial charge in [0.05, 0.1) is 31.0 Å². The van der Waals surface area contributed by atoms with Gasteiger partial charge in [0.15, 0.2) is 0 Å². The van der Waals surface area contributed by atoms with Crippen LogP contribution in [0.3, 0.4) is 0 Å². The molecule has 1 aromatic heterocycles. The van der Waals surface area contributed by atoms with Gasteiger partial charge < -0.3 is 10.1 Å². The monoisotopic (exact) mass is 374 g/mol. The number of rotatable bonds is 7. The second-order valence-corrected chi connectivity index (χ2v) is 7.48. The van der Waals surface area contributed by atoms with Crippen LogP contribution in [0, 0.1) is 0 Å². The Morgan fingerprint density at radius 2 is 2.08 bits per heavy atom. The van der Waals surface area contributed by atoms with E-state index in [2.05, 4.69) is 17.1 Å². The molecule has 7 heteroatoms. The highest BCUT2D eigenvalue weighted by atomic mass is 32.2. The van der Waals surface area contributed by atoms with Gasteiger partial charge in [-0.3, -0.25) is 9.69 Å². The number of thioether (sulfide) groups is 1. The van der Waals surface area contributed by atoms with Gasteiger partial charge >= 0.3 is 0 Å². The maximum Gasteiger partial charge on any atom is 0.230 e. The Morgan fingerprint density at radius 3 is 2.85 bits per heavy atom. The number of carbonyl (C=O) groups is 1. The molecule has 1 N–H and O–H groups in total. The number of aromatic nitrogens is 2. The summed E-state index contributed by atoms with van der Waals surface area (Å²) < 4.78 is 5.41. The number of hydrogen-bond acceptors (Lipinski definition) is 6. The second kappa shape index (κ2) is 9.30. The van der Waals surface area contributed by atoms with Crippen LogP contribution in [0.1, 0.15) is 26.1 Å². The zero-order valence-corrected chi connectivity index (χ0v) is 16.2. The van der Waals surface area contributed by atoms with Crippen molar-refractivity contribution in [3.8, 4) is 0 Å². The first-order chi connectivity index (χ1) is 12.7.